The number of anilines is 2. The van der Waals surface area contributed by atoms with Crippen LogP contribution in [0.3, 0.4) is 0 Å². The molecule has 2 atom stereocenters. The SMILES string of the molecule is CC(Nc1ccc2c(c1)Sc1cccc(-c3cc(N4CCOCC4)cc(=O)[nH]3)c1S2)[C@H](C)NC(=O)O. The minimum absolute atomic E-state index is 0.0742. The molecule has 3 heterocycles. The van der Waals surface area contributed by atoms with Crippen LogP contribution in [0.1, 0.15) is 13.8 Å². The fourth-order valence-corrected chi connectivity index (χ4v) is 6.70. The quantitative estimate of drug-likeness (QED) is 0.281. The number of amides is 1. The van der Waals surface area contributed by atoms with Gasteiger partial charge in [0.25, 0.3) is 0 Å². The maximum atomic E-state index is 12.6. The molecule has 2 aliphatic rings. The first-order chi connectivity index (χ1) is 17.4. The number of benzene rings is 2. The van der Waals surface area contributed by atoms with Gasteiger partial charge in [-0.1, -0.05) is 35.7 Å². The largest absolute Gasteiger partial charge is 0.465 e. The van der Waals surface area contributed by atoms with Gasteiger partial charge in [-0.3, -0.25) is 4.79 Å². The van der Waals surface area contributed by atoms with Crippen molar-refractivity contribution in [3.05, 3.63) is 58.9 Å². The average Bonchev–Trinajstić information content (AvgIpc) is 2.87. The molecule has 8 nitrogen and oxygen atoms in total. The van der Waals surface area contributed by atoms with Gasteiger partial charge in [0.15, 0.2) is 0 Å². The third-order valence-corrected chi connectivity index (χ3v) is 8.94. The lowest BCUT2D eigenvalue weighted by atomic mass is 10.1. The summed E-state index contributed by atoms with van der Waals surface area (Å²) in [5, 5.41) is 14.9. The summed E-state index contributed by atoms with van der Waals surface area (Å²) in [5.74, 6) is 0. The zero-order valence-electron chi connectivity index (χ0n) is 20.0. The van der Waals surface area contributed by atoms with E-state index in [9.17, 15) is 9.59 Å². The molecule has 2 aliphatic heterocycles. The molecule has 0 aliphatic carbocycles. The summed E-state index contributed by atoms with van der Waals surface area (Å²) < 4.78 is 5.47. The molecule has 1 saturated heterocycles. The van der Waals surface area contributed by atoms with E-state index in [0.29, 0.717) is 13.2 Å². The molecule has 10 heteroatoms. The second-order valence-electron chi connectivity index (χ2n) is 8.89. The van der Waals surface area contributed by atoms with Crippen LogP contribution in [0.2, 0.25) is 0 Å². The molecule has 3 aromatic rings. The van der Waals surface area contributed by atoms with Crippen molar-refractivity contribution >= 4 is 41.0 Å². The van der Waals surface area contributed by atoms with Crippen molar-refractivity contribution in [2.24, 2.45) is 0 Å². The van der Waals surface area contributed by atoms with Crippen molar-refractivity contribution in [2.45, 2.75) is 45.5 Å². The van der Waals surface area contributed by atoms with E-state index in [1.807, 2.05) is 26.0 Å². The number of aromatic amines is 1. The number of aromatic nitrogens is 1. The third kappa shape index (κ3) is 5.35. The van der Waals surface area contributed by atoms with Crippen LogP contribution in [0.25, 0.3) is 11.3 Å². The van der Waals surface area contributed by atoms with Gasteiger partial charge >= 0.3 is 6.09 Å². The van der Waals surface area contributed by atoms with E-state index in [0.717, 1.165) is 55.3 Å². The summed E-state index contributed by atoms with van der Waals surface area (Å²) in [7, 11) is 0. The molecule has 188 valence electrons. The number of hydrogen-bond donors (Lipinski definition) is 4. The van der Waals surface area contributed by atoms with Gasteiger partial charge in [-0.2, -0.15) is 0 Å². The molecule has 5 rings (SSSR count). The van der Waals surface area contributed by atoms with Crippen molar-refractivity contribution in [3.63, 3.8) is 0 Å². The second-order valence-corrected chi connectivity index (χ2v) is 11.0. The van der Waals surface area contributed by atoms with E-state index in [1.54, 1.807) is 29.6 Å². The molecule has 0 spiro atoms. The Morgan fingerprint density at radius 1 is 1.03 bits per heavy atom. The van der Waals surface area contributed by atoms with Gasteiger partial charge in [0, 0.05) is 67.8 Å². The van der Waals surface area contributed by atoms with E-state index in [4.69, 9.17) is 9.84 Å². The van der Waals surface area contributed by atoms with Crippen molar-refractivity contribution in [1.82, 2.24) is 10.3 Å². The summed E-state index contributed by atoms with van der Waals surface area (Å²) in [5.41, 5.74) is 3.56. The maximum Gasteiger partial charge on any atom is 0.404 e. The Morgan fingerprint density at radius 3 is 2.61 bits per heavy atom. The Balaban J connectivity index is 1.40. The van der Waals surface area contributed by atoms with Crippen LogP contribution in [0, 0.1) is 0 Å². The summed E-state index contributed by atoms with van der Waals surface area (Å²) in [4.78, 5) is 33.3. The normalized spacial score (nSPS) is 16.4. The molecule has 0 saturated carbocycles. The van der Waals surface area contributed by atoms with Crippen LogP contribution < -0.4 is 21.1 Å². The topological polar surface area (TPSA) is 107 Å². The number of pyridine rings is 1. The highest BCUT2D eigenvalue weighted by Crippen LogP contribution is 2.52. The van der Waals surface area contributed by atoms with Crippen molar-refractivity contribution in [3.8, 4) is 11.3 Å². The number of rotatable bonds is 6. The fraction of sp³-hybridized carbons (Fsp3) is 0.308. The number of fused-ring (bicyclic) bond motifs is 2. The minimum Gasteiger partial charge on any atom is -0.465 e. The molecule has 0 bridgehead atoms. The third-order valence-electron chi connectivity index (χ3n) is 6.35. The Morgan fingerprint density at radius 2 is 1.83 bits per heavy atom. The molecule has 1 fully saturated rings. The van der Waals surface area contributed by atoms with Crippen molar-refractivity contribution in [1.29, 1.82) is 0 Å². The molecular weight excluding hydrogens is 496 g/mol. The number of nitrogens with zero attached hydrogens (tertiary/aromatic N) is 1. The Labute approximate surface area is 217 Å². The van der Waals surface area contributed by atoms with Gasteiger partial charge in [0.2, 0.25) is 5.56 Å². The number of hydrogen-bond acceptors (Lipinski definition) is 7. The lowest BCUT2D eigenvalue weighted by molar-refractivity contribution is 0.122. The fourth-order valence-electron chi connectivity index (χ4n) is 4.29. The molecule has 1 amide bonds. The zero-order chi connectivity index (χ0) is 25.2. The van der Waals surface area contributed by atoms with E-state index < -0.39 is 6.09 Å². The maximum absolute atomic E-state index is 12.6. The molecule has 1 unspecified atom stereocenters. The summed E-state index contributed by atoms with van der Waals surface area (Å²) >= 11 is 3.40. The van der Waals surface area contributed by atoms with Gasteiger partial charge in [0.1, 0.15) is 0 Å². The number of morpholine rings is 1. The first-order valence-electron chi connectivity index (χ1n) is 11.8. The van der Waals surface area contributed by atoms with Crippen LogP contribution in [0.5, 0.6) is 0 Å². The summed E-state index contributed by atoms with van der Waals surface area (Å²) in [6, 6.07) is 15.8. The Bertz CT molecular complexity index is 1340. The van der Waals surface area contributed by atoms with Crippen LogP contribution in [-0.4, -0.2) is 54.6 Å². The lowest BCUT2D eigenvalue weighted by Gasteiger charge is -2.29. The zero-order valence-corrected chi connectivity index (χ0v) is 21.7. The number of H-pyrrole nitrogens is 1. The van der Waals surface area contributed by atoms with E-state index in [1.165, 1.54) is 0 Å². The number of ether oxygens (including phenoxy) is 1. The molecule has 36 heavy (non-hydrogen) atoms. The van der Waals surface area contributed by atoms with Gasteiger partial charge in [0.05, 0.1) is 18.9 Å². The van der Waals surface area contributed by atoms with Crippen LogP contribution in [0.4, 0.5) is 16.2 Å². The minimum atomic E-state index is -1.03. The second kappa shape index (κ2) is 10.5. The van der Waals surface area contributed by atoms with Gasteiger partial charge in [-0.05, 0) is 44.2 Å². The monoisotopic (exact) mass is 524 g/mol. The smallest absolute Gasteiger partial charge is 0.404 e. The molecule has 2 aromatic carbocycles. The van der Waals surface area contributed by atoms with Crippen molar-refractivity contribution < 1.29 is 14.6 Å². The molecule has 0 radical (unpaired) electrons. The molecule has 1 aromatic heterocycles. The van der Waals surface area contributed by atoms with E-state index in [-0.39, 0.29) is 17.6 Å². The van der Waals surface area contributed by atoms with Crippen LogP contribution in [-0.2, 0) is 4.74 Å². The van der Waals surface area contributed by atoms with Gasteiger partial charge < -0.3 is 30.4 Å². The first kappa shape index (κ1) is 24.6. The van der Waals surface area contributed by atoms with Crippen LogP contribution >= 0.6 is 23.5 Å². The number of carbonyl (C=O) groups is 1. The summed E-state index contributed by atoms with van der Waals surface area (Å²) in [6.45, 7) is 6.66. The van der Waals surface area contributed by atoms with Gasteiger partial charge in [-0.25, -0.2) is 4.79 Å². The first-order valence-corrected chi connectivity index (χ1v) is 13.5. The van der Waals surface area contributed by atoms with E-state index in [2.05, 4.69) is 50.8 Å². The Kier molecular flexibility index (Phi) is 7.17. The number of nitrogens with one attached hydrogen (secondary N) is 3. The average molecular weight is 525 g/mol. The Hall–Kier alpha value is -3.08. The predicted octanol–water partition coefficient (Wildman–Crippen LogP) is 4.95. The predicted molar refractivity (Wildman–Crippen MR) is 144 cm³/mol. The highest BCUT2D eigenvalue weighted by Gasteiger charge is 2.23. The standard InChI is InChI=1S/C26H28N4O4S2/c1-15(16(2)28-26(32)33)27-17-6-7-21-23(12-17)35-22-5-3-4-19(25(22)36-21)20-13-18(14-24(31)29-20)30-8-10-34-11-9-30/h3-7,12-16,27-28H,8-11H2,1-2H3,(H,29,31)(H,32,33)/t15?,16-/m0/s1. The van der Waals surface area contributed by atoms with E-state index >= 15 is 0 Å². The highest BCUT2D eigenvalue weighted by molar-refractivity contribution is 8.05. The van der Waals surface area contributed by atoms with Crippen LogP contribution in [0.15, 0.2) is 72.9 Å². The number of carboxylic acid groups (broad SMARTS) is 1. The molecular formula is C26H28N4O4S2. The summed E-state index contributed by atoms with van der Waals surface area (Å²) in [6.07, 6.45) is -1.03. The molecule has 4 N–H and O–H groups in total. The van der Waals surface area contributed by atoms with Crippen molar-refractivity contribution in [2.75, 3.05) is 36.5 Å². The highest BCUT2D eigenvalue weighted by atomic mass is 32.2. The van der Waals surface area contributed by atoms with Gasteiger partial charge in [-0.15, -0.1) is 0 Å². The lowest BCUT2D eigenvalue weighted by Crippen LogP contribution is -2.42.